The van der Waals surface area contributed by atoms with E-state index in [1.165, 1.54) is 32.1 Å². The van der Waals surface area contributed by atoms with Gasteiger partial charge < -0.3 is 10.6 Å². The number of hydrogen-bond donors (Lipinski definition) is 1. The van der Waals surface area contributed by atoms with E-state index in [4.69, 9.17) is 5.73 Å². The van der Waals surface area contributed by atoms with Gasteiger partial charge >= 0.3 is 0 Å². The van der Waals surface area contributed by atoms with Crippen molar-refractivity contribution < 1.29 is 4.79 Å². The summed E-state index contributed by atoms with van der Waals surface area (Å²) < 4.78 is 0. The second-order valence-electron chi connectivity index (χ2n) is 7.42. The van der Waals surface area contributed by atoms with Gasteiger partial charge in [-0.25, -0.2) is 0 Å². The molecule has 1 amide bonds. The quantitative estimate of drug-likeness (QED) is 0.891. The topological polar surface area (TPSA) is 46.3 Å². The van der Waals surface area contributed by atoms with E-state index in [9.17, 15) is 4.79 Å². The highest BCUT2D eigenvalue weighted by molar-refractivity contribution is 5.87. The third-order valence-corrected chi connectivity index (χ3v) is 5.84. The van der Waals surface area contributed by atoms with Crippen LogP contribution in [0.4, 0.5) is 0 Å². The Morgan fingerprint density at radius 3 is 2.17 bits per heavy atom. The highest BCUT2D eigenvalue weighted by Gasteiger charge is 2.40. The highest BCUT2D eigenvalue weighted by Crippen LogP contribution is 2.44. The molecule has 1 aliphatic carbocycles. The number of benzene rings is 1. The van der Waals surface area contributed by atoms with Crippen LogP contribution in [0.25, 0.3) is 0 Å². The molecule has 23 heavy (non-hydrogen) atoms. The molecule has 3 nitrogen and oxygen atoms in total. The summed E-state index contributed by atoms with van der Waals surface area (Å²) in [6.45, 7) is 3.59. The summed E-state index contributed by atoms with van der Waals surface area (Å²) in [5, 5.41) is 0. The van der Waals surface area contributed by atoms with Gasteiger partial charge in [0.2, 0.25) is 5.91 Å². The molecular formula is C19H29ClN2O. The SMILES string of the molecule is CC(N)(C(=O)N1CCC2(CCCCC2)CC1)c1ccccc1.Cl. The summed E-state index contributed by atoms with van der Waals surface area (Å²) in [5.74, 6) is 0.0735. The van der Waals surface area contributed by atoms with Gasteiger partial charge in [0.1, 0.15) is 5.54 Å². The molecule has 0 aromatic heterocycles. The molecule has 1 saturated heterocycles. The fourth-order valence-corrected chi connectivity index (χ4v) is 4.22. The Morgan fingerprint density at radius 2 is 1.61 bits per heavy atom. The summed E-state index contributed by atoms with van der Waals surface area (Å²) >= 11 is 0. The monoisotopic (exact) mass is 336 g/mol. The van der Waals surface area contributed by atoms with Crippen molar-refractivity contribution in [3.63, 3.8) is 0 Å². The number of nitrogens with zero attached hydrogens (tertiary/aromatic N) is 1. The first kappa shape index (κ1) is 18.3. The average molecular weight is 337 g/mol. The molecular weight excluding hydrogens is 308 g/mol. The van der Waals surface area contributed by atoms with Crippen molar-refractivity contribution in [1.29, 1.82) is 0 Å². The predicted octanol–water partition coefficient (Wildman–Crippen LogP) is 3.86. The van der Waals surface area contributed by atoms with Crippen molar-refractivity contribution in [2.24, 2.45) is 11.1 Å². The second kappa shape index (κ2) is 7.23. The molecule has 1 spiro atoms. The molecule has 4 heteroatoms. The molecule has 3 rings (SSSR count). The Kier molecular flexibility index (Phi) is 5.74. The maximum atomic E-state index is 12.9. The zero-order valence-corrected chi connectivity index (χ0v) is 14.9. The van der Waals surface area contributed by atoms with E-state index < -0.39 is 5.54 Å². The van der Waals surface area contributed by atoms with Gasteiger partial charge in [-0.3, -0.25) is 4.79 Å². The van der Waals surface area contributed by atoms with E-state index >= 15 is 0 Å². The van der Waals surface area contributed by atoms with Crippen molar-refractivity contribution in [1.82, 2.24) is 4.90 Å². The first-order valence-corrected chi connectivity index (χ1v) is 8.67. The van der Waals surface area contributed by atoms with Crippen molar-refractivity contribution in [3.8, 4) is 0 Å². The lowest BCUT2D eigenvalue weighted by molar-refractivity contribution is -0.139. The van der Waals surface area contributed by atoms with Gasteiger partial charge in [-0.05, 0) is 43.6 Å². The molecule has 1 aromatic carbocycles. The van der Waals surface area contributed by atoms with E-state index in [0.717, 1.165) is 31.5 Å². The van der Waals surface area contributed by atoms with Gasteiger partial charge in [0.05, 0.1) is 0 Å². The lowest BCUT2D eigenvalue weighted by atomic mass is 9.68. The number of piperidine rings is 1. The molecule has 1 heterocycles. The number of likely N-dealkylation sites (tertiary alicyclic amines) is 1. The van der Waals surface area contributed by atoms with E-state index in [1.807, 2.05) is 42.2 Å². The number of halogens is 1. The minimum atomic E-state index is -0.918. The van der Waals surface area contributed by atoms with Crippen LogP contribution < -0.4 is 5.73 Å². The zero-order chi connectivity index (χ0) is 15.6. The molecule has 2 N–H and O–H groups in total. The van der Waals surface area contributed by atoms with Gasteiger partial charge in [-0.2, -0.15) is 0 Å². The molecule has 128 valence electrons. The Morgan fingerprint density at radius 1 is 1.04 bits per heavy atom. The maximum Gasteiger partial charge on any atom is 0.246 e. The third kappa shape index (κ3) is 3.72. The van der Waals surface area contributed by atoms with Gasteiger partial charge in [0.15, 0.2) is 0 Å². The largest absolute Gasteiger partial charge is 0.341 e. The lowest BCUT2D eigenvalue weighted by Gasteiger charge is -2.45. The minimum Gasteiger partial charge on any atom is -0.341 e. The number of nitrogens with two attached hydrogens (primary N) is 1. The van der Waals surface area contributed by atoms with Gasteiger partial charge in [0.25, 0.3) is 0 Å². The molecule has 0 bridgehead atoms. The molecule has 1 aromatic rings. The van der Waals surface area contributed by atoms with E-state index in [0.29, 0.717) is 5.41 Å². The molecule has 1 saturated carbocycles. The van der Waals surface area contributed by atoms with Crippen LogP contribution in [-0.4, -0.2) is 23.9 Å². The third-order valence-electron chi connectivity index (χ3n) is 5.84. The van der Waals surface area contributed by atoms with Crippen LogP contribution in [0, 0.1) is 5.41 Å². The van der Waals surface area contributed by atoms with Crippen LogP contribution in [0.3, 0.4) is 0 Å². The molecule has 2 aliphatic rings. The van der Waals surface area contributed by atoms with Gasteiger partial charge in [0, 0.05) is 13.1 Å². The van der Waals surface area contributed by atoms with Crippen LogP contribution in [0.15, 0.2) is 30.3 Å². The van der Waals surface area contributed by atoms with Crippen LogP contribution in [-0.2, 0) is 10.3 Å². The standard InChI is InChI=1S/C19H28N2O.ClH/c1-18(20,16-8-4-2-5-9-16)17(22)21-14-12-19(13-15-21)10-6-3-7-11-19;/h2,4-5,8-9H,3,6-7,10-15,20H2,1H3;1H. The molecule has 0 radical (unpaired) electrons. The Labute approximate surface area is 146 Å². The average Bonchev–Trinajstić information content (AvgIpc) is 2.56. The Bertz CT molecular complexity index is 513. The molecule has 1 unspecified atom stereocenters. The summed E-state index contributed by atoms with van der Waals surface area (Å²) in [6.07, 6.45) is 9.15. The maximum absolute atomic E-state index is 12.9. The molecule has 1 aliphatic heterocycles. The van der Waals surface area contributed by atoms with Gasteiger partial charge in [-0.15, -0.1) is 12.4 Å². The van der Waals surface area contributed by atoms with Crippen molar-refractivity contribution >= 4 is 18.3 Å². The van der Waals surface area contributed by atoms with Crippen molar-refractivity contribution in [3.05, 3.63) is 35.9 Å². The van der Waals surface area contributed by atoms with Crippen LogP contribution in [0.2, 0.25) is 0 Å². The number of carbonyl (C=O) groups is 1. The van der Waals surface area contributed by atoms with Crippen molar-refractivity contribution in [2.75, 3.05) is 13.1 Å². The predicted molar refractivity (Wildman–Crippen MR) is 96.6 cm³/mol. The number of rotatable bonds is 2. The normalized spacial score (nSPS) is 23.0. The molecule has 1 atom stereocenters. The minimum absolute atomic E-state index is 0. The fourth-order valence-electron chi connectivity index (χ4n) is 4.22. The number of hydrogen-bond acceptors (Lipinski definition) is 2. The van der Waals surface area contributed by atoms with E-state index in [1.54, 1.807) is 0 Å². The van der Waals surface area contributed by atoms with E-state index in [-0.39, 0.29) is 18.3 Å². The van der Waals surface area contributed by atoms with Crippen LogP contribution >= 0.6 is 12.4 Å². The zero-order valence-electron chi connectivity index (χ0n) is 14.1. The number of carbonyl (C=O) groups excluding carboxylic acids is 1. The van der Waals surface area contributed by atoms with Crippen LogP contribution in [0.5, 0.6) is 0 Å². The Hall–Kier alpha value is -1.06. The summed E-state index contributed by atoms with van der Waals surface area (Å²) in [4.78, 5) is 14.9. The lowest BCUT2D eigenvalue weighted by Crippen LogP contribution is -2.54. The first-order valence-electron chi connectivity index (χ1n) is 8.67. The van der Waals surface area contributed by atoms with E-state index in [2.05, 4.69) is 0 Å². The smallest absolute Gasteiger partial charge is 0.246 e. The summed E-state index contributed by atoms with van der Waals surface area (Å²) in [5.41, 5.74) is 6.89. The summed E-state index contributed by atoms with van der Waals surface area (Å²) in [7, 11) is 0. The van der Waals surface area contributed by atoms with Crippen LogP contribution in [0.1, 0.15) is 57.4 Å². The van der Waals surface area contributed by atoms with Gasteiger partial charge in [-0.1, -0.05) is 49.6 Å². The van der Waals surface area contributed by atoms with Crippen molar-refractivity contribution in [2.45, 2.75) is 57.4 Å². The first-order chi connectivity index (χ1) is 10.5. The highest BCUT2D eigenvalue weighted by atomic mass is 35.5. The number of amides is 1. The molecule has 2 fully saturated rings. The summed E-state index contributed by atoms with van der Waals surface area (Å²) in [6, 6.07) is 9.74. The fraction of sp³-hybridized carbons (Fsp3) is 0.632. The second-order valence-corrected chi connectivity index (χ2v) is 7.42. The Balaban J connectivity index is 0.00000192.